The molecule has 1 amide bonds. The Morgan fingerprint density at radius 2 is 1.87 bits per heavy atom. The molecule has 3 rings (SSSR count). The number of carbonyl (C=O) groups is 1. The number of amides is 1. The van der Waals surface area contributed by atoms with Gasteiger partial charge in [-0.1, -0.05) is 19.8 Å². The van der Waals surface area contributed by atoms with E-state index in [1.165, 1.54) is 12.8 Å². The number of nitrogens with one attached hydrogen (secondary N) is 1. The van der Waals surface area contributed by atoms with Gasteiger partial charge in [0.05, 0.1) is 6.10 Å². The summed E-state index contributed by atoms with van der Waals surface area (Å²) in [6.45, 7) is 8.24. The Bertz CT molecular complexity index is 371. The van der Waals surface area contributed by atoms with E-state index in [-0.39, 0.29) is 24.4 Å². The number of likely N-dealkylation sites (tertiary alicyclic amines) is 1. The Hall–Kier alpha value is -0.360. The van der Waals surface area contributed by atoms with Crippen molar-refractivity contribution in [3.8, 4) is 0 Å². The van der Waals surface area contributed by atoms with Gasteiger partial charge in [-0.25, -0.2) is 0 Å². The minimum absolute atomic E-state index is 0. The molecular formula is C17H32ClN3O2. The lowest BCUT2D eigenvalue weighted by Gasteiger charge is -2.33. The molecule has 0 spiro atoms. The van der Waals surface area contributed by atoms with Gasteiger partial charge in [-0.15, -0.1) is 12.4 Å². The summed E-state index contributed by atoms with van der Waals surface area (Å²) in [5.41, 5.74) is 0. The van der Waals surface area contributed by atoms with Crippen molar-refractivity contribution < 1.29 is 9.53 Å². The van der Waals surface area contributed by atoms with Crippen LogP contribution in [0, 0.1) is 0 Å². The summed E-state index contributed by atoms with van der Waals surface area (Å²) in [6.07, 6.45) is 6.79. The van der Waals surface area contributed by atoms with E-state index in [0.29, 0.717) is 12.1 Å². The lowest BCUT2D eigenvalue weighted by molar-refractivity contribution is -0.146. The van der Waals surface area contributed by atoms with Gasteiger partial charge in [0.15, 0.2) is 0 Å². The lowest BCUT2D eigenvalue weighted by Crippen LogP contribution is -2.50. The Kier molecular flexibility index (Phi) is 7.60. The summed E-state index contributed by atoms with van der Waals surface area (Å²) in [5.74, 6) is 0.229. The largest absolute Gasteiger partial charge is 0.365 e. The standard InChI is InChI=1S/C17H31N3O2.ClH/c1-2-16(22-15-5-3-4-6-15)17(21)20-10-7-14(13-20)19-11-8-18-9-12-19;/h14-16,18H,2-13H2,1H3;1H. The lowest BCUT2D eigenvalue weighted by atomic mass is 10.2. The molecule has 1 aliphatic carbocycles. The fraction of sp³-hybridized carbons (Fsp3) is 0.941. The Labute approximate surface area is 146 Å². The first-order chi connectivity index (χ1) is 10.8. The molecule has 5 nitrogen and oxygen atoms in total. The molecule has 6 heteroatoms. The maximum absolute atomic E-state index is 12.8. The monoisotopic (exact) mass is 345 g/mol. The molecule has 2 atom stereocenters. The molecule has 1 N–H and O–H groups in total. The highest BCUT2D eigenvalue weighted by Gasteiger charge is 2.34. The first kappa shape index (κ1) is 19.0. The fourth-order valence-electron chi connectivity index (χ4n) is 4.08. The van der Waals surface area contributed by atoms with Crippen LogP contribution in [0.3, 0.4) is 0 Å². The number of rotatable bonds is 5. The molecule has 1 saturated carbocycles. The van der Waals surface area contributed by atoms with Crippen molar-refractivity contribution in [3.05, 3.63) is 0 Å². The topological polar surface area (TPSA) is 44.8 Å². The van der Waals surface area contributed by atoms with Crippen LogP contribution < -0.4 is 5.32 Å². The van der Waals surface area contributed by atoms with Crippen LogP contribution in [-0.2, 0) is 9.53 Å². The SMILES string of the molecule is CCC(OC1CCCC1)C(=O)N1CCC(N2CCNCC2)C1.Cl. The van der Waals surface area contributed by atoms with E-state index in [1.54, 1.807) is 0 Å². The van der Waals surface area contributed by atoms with Crippen LogP contribution in [-0.4, -0.2) is 73.2 Å². The van der Waals surface area contributed by atoms with Gasteiger partial charge in [0.2, 0.25) is 0 Å². The van der Waals surface area contributed by atoms with Crippen molar-refractivity contribution in [3.63, 3.8) is 0 Å². The summed E-state index contributed by atoms with van der Waals surface area (Å²) < 4.78 is 6.10. The zero-order chi connectivity index (χ0) is 15.4. The smallest absolute Gasteiger partial charge is 0.251 e. The highest BCUT2D eigenvalue weighted by molar-refractivity contribution is 5.85. The molecule has 134 valence electrons. The Morgan fingerprint density at radius 1 is 1.17 bits per heavy atom. The van der Waals surface area contributed by atoms with E-state index >= 15 is 0 Å². The average Bonchev–Trinajstić information content (AvgIpc) is 3.24. The number of nitrogens with zero attached hydrogens (tertiary/aromatic N) is 2. The average molecular weight is 346 g/mol. The Morgan fingerprint density at radius 3 is 2.52 bits per heavy atom. The highest BCUT2D eigenvalue weighted by Crippen LogP contribution is 2.25. The number of halogens is 1. The van der Waals surface area contributed by atoms with Crippen molar-refractivity contribution in [2.24, 2.45) is 0 Å². The maximum Gasteiger partial charge on any atom is 0.251 e. The summed E-state index contributed by atoms with van der Waals surface area (Å²) in [7, 11) is 0. The number of ether oxygens (including phenoxy) is 1. The van der Waals surface area contributed by atoms with Crippen molar-refractivity contribution in [1.82, 2.24) is 15.1 Å². The van der Waals surface area contributed by atoms with Crippen molar-refractivity contribution in [1.29, 1.82) is 0 Å². The third-order valence-corrected chi connectivity index (χ3v) is 5.45. The van der Waals surface area contributed by atoms with E-state index in [1.807, 2.05) is 0 Å². The van der Waals surface area contributed by atoms with Gasteiger partial charge in [0, 0.05) is 45.3 Å². The molecule has 3 aliphatic rings. The van der Waals surface area contributed by atoms with Gasteiger partial charge in [0.25, 0.3) is 5.91 Å². The van der Waals surface area contributed by atoms with Crippen LogP contribution >= 0.6 is 12.4 Å². The van der Waals surface area contributed by atoms with E-state index in [9.17, 15) is 4.79 Å². The molecular weight excluding hydrogens is 314 g/mol. The van der Waals surface area contributed by atoms with E-state index < -0.39 is 0 Å². The first-order valence-corrected chi connectivity index (χ1v) is 9.17. The van der Waals surface area contributed by atoms with E-state index in [2.05, 4.69) is 22.0 Å². The second-order valence-electron chi connectivity index (χ2n) is 6.95. The summed E-state index contributed by atoms with van der Waals surface area (Å²) >= 11 is 0. The van der Waals surface area contributed by atoms with Gasteiger partial charge < -0.3 is 15.0 Å². The van der Waals surface area contributed by atoms with Crippen LogP contribution in [0.15, 0.2) is 0 Å². The van der Waals surface area contributed by atoms with Crippen LogP contribution in [0.5, 0.6) is 0 Å². The van der Waals surface area contributed by atoms with Crippen LogP contribution in [0.25, 0.3) is 0 Å². The Balaban J connectivity index is 0.00000192. The molecule has 0 aromatic heterocycles. The maximum atomic E-state index is 12.8. The summed E-state index contributed by atoms with van der Waals surface area (Å²) in [4.78, 5) is 17.4. The van der Waals surface area contributed by atoms with E-state index in [4.69, 9.17) is 4.74 Å². The zero-order valence-corrected chi connectivity index (χ0v) is 15.2. The fourth-order valence-corrected chi connectivity index (χ4v) is 4.08. The third-order valence-electron chi connectivity index (χ3n) is 5.45. The molecule has 0 bridgehead atoms. The highest BCUT2D eigenvalue weighted by atomic mass is 35.5. The molecule has 23 heavy (non-hydrogen) atoms. The zero-order valence-electron chi connectivity index (χ0n) is 14.3. The van der Waals surface area contributed by atoms with Gasteiger partial charge in [-0.2, -0.15) is 0 Å². The second kappa shape index (κ2) is 9.21. The quantitative estimate of drug-likeness (QED) is 0.823. The van der Waals surface area contributed by atoms with Gasteiger partial charge in [0.1, 0.15) is 6.10 Å². The van der Waals surface area contributed by atoms with Gasteiger partial charge in [-0.3, -0.25) is 9.69 Å². The van der Waals surface area contributed by atoms with Crippen LogP contribution in [0.4, 0.5) is 0 Å². The van der Waals surface area contributed by atoms with Crippen LogP contribution in [0.1, 0.15) is 45.4 Å². The van der Waals surface area contributed by atoms with Crippen molar-refractivity contribution in [2.45, 2.75) is 63.7 Å². The first-order valence-electron chi connectivity index (χ1n) is 9.17. The molecule has 2 heterocycles. The van der Waals surface area contributed by atoms with Gasteiger partial charge in [-0.05, 0) is 25.7 Å². The molecule has 2 unspecified atom stereocenters. The second-order valence-corrected chi connectivity index (χ2v) is 6.95. The number of hydrogen-bond donors (Lipinski definition) is 1. The summed E-state index contributed by atoms with van der Waals surface area (Å²) in [6, 6.07) is 0.551. The predicted octanol–water partition coefficient (Wildman–Crippen LogP) is 1.65. The molecule has 2 saturated heterocycles. The molecule has 0 aromatic rings. The molecule has 2 aliphatic heterocycles. The third kappa shape index (κ3) is 4.81. The van der Waals surface area contributed by atoms with Crippen molar-refractivity contribution >= 4 is 18.3 Å². The number of piperazine rings is 1. The van der Waals surface area contributed by atoms with E-state index in [0.717, 1.165) is 65.0 Å². The van der Waals surface area contributed by atoms with Crippen molar-refractivity contribution in [2.75, 3.05) is 39.3 Å². The van der Waals surface area contributed by atoms with Crippen LogP contribution in [0.2, 0.25) is 0 Å². The number of carbonyl (C=O) groups excluding carboxylic acids is 1. The molecule has 3 fully saturated rings. The summed E-state index contributed by atoms with van der Waals surface area (Å²) in [5, 5.41) is 3.40. The minimum atomic E-state index is -0.218. The number of hydrogen-bond acceptors (Lipinski definition) is 4. The normalized spacial score (nSPS) is 27.9. The molecule has 0 aromatic carbocycles. The predicted molar refractivity (Wildman–Crippen MR) is 94.1 cm³/mol. The minimum Gasteiger partial charge on any atom is -0.365 e. The molecule has 0 radical (unpaired) electrons. The van der Waals surface area contributed by atoms with Gasteiger partial charge >= 0.3 is 0 Å².